The van der Waals surface area contributed by atoms with Crippen molar-refractivity contribution in [3.63, 3.8) is 0 Å². The van der Waals surface area contributed by atoms with E-state index < -0.39 is 10.1 Å². The lowest BCUT2D eigenvalue weighted by Gasteiger charge is -2.05. The summed E-state index contributed by atoms with van der Waals surface area (Å²) in [5.74, 6) is 2.36. The Balaban J connectivity index is 2.64. The van der Waals surface area contributed by atoms with E-state index in [4.69, 9.17) is 6.42 Å². The van der Waals surface area contributed by atoms with E-state index in [1.54, 1.807) is 12.1 Å². The zero-order valence-corrected chi connectivity index (χ0v) is 9.75. The smallest absolute Gasteiger partial charge is 0.192 e. The van der Waals surface area contributed by atoms with Crippen molar-refractivity contribution < 1.29 is 12.7 Å². The molecule has 0 spiro atoms. The molecule has 0 saturated heterocycles. The van der Waals surface area contributed by atoms with Crippen LogP contribution < -0.4 is 5.48 Å². The van der Waals surface area contributed by atoms with Gasteiger partial charge in [-0.05, 0) is 19.1 Å². The average molecular weight is 239 g/mol. The van der Waals surface area contributed by atoms with Crippen molar-refractivity contribution in [3.8, 4) is 12.3 Å². The molecular formula is C11H13NO3S. The third-order valence-corrected chi connectivity index (χ3v) is 3.04. The highest BCUT2D eigenvalue weighted by molar-refractivity contribution is 7.86. The van der Waals surface area contributed by atoms with Crippen molar-refractivity contribution in [1.82, 2.24) is 5.48 Å². The van der Waals surface area contributed by atoms with Crippen LogP contribution in [0.4, 0.5) is 0 Å². The van der Waals surface area contributed by atoms with Crippen molar-refractivity contribution in [3.05, 3.63) is 29.8 Å². The Morgan fingerprint density at radius 1 is 1.38 bits per heavy atom. The maximum absolute atomic E-state index is 11.6. The zero-order valence-electron chi connectivity index (χ0n) is 8.93. The van der Waals surface area contributed by atoms with Crippen molar-refractivity contribution in [2.75, 3.05) is 6.54 Å². The van der Waals surface area contributed by atoms with E-state index in [1.807, 2.05) is 6.92 Å². The van der Waals surface area contributed by atoms with Crippen LogP contribution in [0.15, 0.2) is 29.2 Å². The van der Waals surface area contributed by atoms with Crippen LogP contribution >= 0.6 is 0 Å². The monoisotopic (exact) mass is 239 g/mol. The predicted octanol–water partition coefficient (Wildman–Crippen LogP) is 1.23. The number of aryl methyl sites for hydroxylation is 1. The van der Waals surface area contributed by atoms with Gasteiger partial charge in [-0.1, -0.05) is 17.7 Å². The summed E-state index contributed by atoms with van der Waals surface area (Å²) in [6.45, 7) is 2.17. The molecule has 0 atom stereocenters. The van der Waals surface area contributed by atoms with E-state index in [-0.39, 0.29) is 4.90 Å². The molecule has 1 rings (SSSR count). The van der Waals surface area contributed by atoms with Crippen LogP contribution in [0.1, 0.15) is 12.0 Å². The van der Waals surface area contributed by atoms with Crippen LogP contribution in [0, 0.1) is 19.3 Å². The molecule has 4 nitrogen and oxygen atoms in total. The zero-order chi connectivity index (χ0) is 12.0. The molecule has 86 valence electrons. The first-order valence-electron chi connectivity index (χ1n) is 4.73. The van der Waals surface area contributed by atoms with Gasteiger partial charge in [0.15, 0.2) is 0 Å². The molecule has 5 heteroatoms. The molecule has 0 saturated carbocycles. The van der Waals surface area contributed by atoms with Crippen LogP contribution in [0.5, 0.6) is 0 Å². The van der Waals surface area contributed by atoms with Gasteiger partial charge in [-0.15, -0.1) is 12.3 Å². The number of terminal acetylenes is 1. The summed E-state index contributed by atoms with van der Waals surface area (Å²) in [5.41, 5.74) is 3.29. The standard InChI is InChI=1S/C11H13NO3S/c1-3-4-9-12-15-16(13,14)11-7-5-10(2)6-8-11/h1,5-8,12H,4,9H2,2H3. The first kappa shape index (κ1) is 12.7. The van der Waals surface area contributed by atoms with Crippen molar-refractivity contribution in [2.24, 2.45) is 0 Å². The number of nitrogens with one attached hydrogen (secondary N) is 1. The van der Waals surface area contributed by atoms with Gasteiger partial charge >= 0.3 is 10.1 Å². The SMILES string of the molecule is C#CCCNOS(=O)(=O)c1ccc(C)cc1. The minimum Gasteiger partial charge on any atom is -0.192 e. The second-order valence-electron chi connectivity index (χ2n) is 3.20. The molecule has 0 aliphatic heterocycles. The summed E-state index contributed by atoms with van der Waals surface area (Å²) in [4.78, 5) is 0.117. The number of hydrogen-bond donors (Lipinski definition) is 1. The average Bonchev–Trinajstić information content (AvgIpc) is 2.25. The first-order chi connectivity index (χ1) is 7.56. The molecule has 0 unspecified atom stereocenters. The van der Waals surface area contributed by atoms with Crippen molar-refractivity contribution in [2.45, 2.75) is 18.2 Å². The molecular weight excluding hydrogens is 226 g/mol. The minimum atomic E-state index is -3.74. The van der Waals surface area contributed by atoms with Crippen LogP contribution in [-0.2, 0) is 14.4 Å². The van der Waals surface area contributed by atoms with E-state index >= 15 is 0 Å². The molecule has 0 fully saturated rings. The highest BCUT2D eigenvalue weighted by Gasteiger charge is 2.14. The number of benzene rings is 1. The maximum atomic E-state index is 11.6. The van der Waals surface area contributed by atoms with Gasteiger partial charge in [-0.3, -0.25) is 0 Å². The normalized spacial score (nSPS) is 11.0. The van der Waals surface area contributed by atoms with Gasteiger partial charge in [0.1, 0.15) is 0 Å². The second kappa shape index (κ2) is 5.66. The number of rotatable bonds is 5. The topological polar surface area (TPSA) is 55.4 Å². The molecule has 0 amide bonds. The van der Waals surface area contributed by atoms with E-state index in [9.17, 15) is 8.42 Å². The summed E-state index contributed by atoms with van der Waals surface area (Å²) in [6.07, 6.45) is 5.42. The van der Waals surface area contributed by atoms with Gasteiger partial charge < -0.3 is 0 Å². The van der Waals surface area contributed by atoms with Gasteiger partial charge in [0.2, 0.25) is 0 Å². The first-order valence-corrected chi connectivity index (χ1v) is 6.13. The van der Waals surface area contributed by atoms with Crippen LogP contribution in [-0.4, -0.2) is 15.0 Å². The molecule has 1 aromatic rings. The maximum Gasteiger partial charge on any atom is 0.312 e. The summed E-state index contributed by atoms with van der Waals surface area (Å²) >= 11 is 0. The Bertz CT molecular complexity index is 471. The Morgan fingerprint density at radius 2 is 2.00 bits per heavy atom. The third-order valence-electron chi connectivity index (χ3n) is 1.85. The molecule has 1 N–H and O–H groups in total. The fraction of sp³-hybridized carbons (Fsp3) is 0.273. The Kier molecular flexibility index (Phi) is 4.50. The fourth-order valence-corrected chi connectivity index (χ4v) is 1.80. The van der Waals surface area contributed by atoms with Crippen molar-refractivity contribution >= 4 is 10.1 Å². The van der Waals surface area contributed by atoms with Crippen molar-refractivity contribution in [1.29, 1.82) is 0 Å². The Hall–Kier alpha value is -1.35. The second-order valence-corrected chi connectivity index (χ2v) is 4.75. The van der Waals surface area contributed by atoms with Crippen LogP contribution in [0.3, 0.4) is 0 Å². The highest BCUT2D eigenvalue weighted by atomic mass is 32.2. The molecule has 0 aliphatic rings. The largest absolute Gasteiger partial charge is 0.312 e. The van der Waals surface area contributed by atoms with Gasteiger partial charge in [0.05, 0.1) is 4.90 Å². The van der Waals surface area contributed by atoms with Gasteiger partial charge in [0.25, 0.3) is 0 Å². The summed E-state index contributed by atoms with van der Waals surface area (Å²) in [6, 6.07) is 6.40. The molecule has 0 radical (unpaired) electrons. The van der Waals surface area contributed by atoms with Crippen LogP contribution in [0.2, 0.25) is 0 Å². The van der Waals surface area contributed by atoms with E-state index in [1.165, 1.54) is 12.1 Å². The van der Waals surface area contributed by atoms with Crippen LogP contribution in [0.25, 0.3) is 0 Å². The third kappa shape index (κ3) is 3.66. The summed E-state index contributed by atoms with van der Waals surface area (Å²) < 4.78 is 27.7. The lowest BCUT2D eigenvalue weighted by molar-refractivity contribution is 0.207. The molecule has 0 bridgehead atoms. The number of hydrogen-bond acceptors (Lipinski definition) is 4. The lowest BCUT2D eigenvalue weighted by atomic mass is 10.2. The van der Waals surface area contributed by atoms with Gasteiger partial charge in [-0.2, -0.15) is 18.2 Å². The number of hydroxylamine groups is 1. The fourth-order valence-electron chi connectivity index (χ4n) is 0.995. The Morgan fingerprint density at radius 3 is 2.56 bits per heavy atom. The Labute approximate surface area is 95.7 Å². The molecule has 1 aromatic carbocycles. The minimum absolute atomic E-state index is 0.117. The summed E-state index contributed by atoms with van der Waals surface area (Å²) in [7, 11) is -3.74. The van der Waals surface area contributed by atoms with Gasteiger partial charge in [0, 0.05) is 13.0 Å². The lowest BCUT2D eigenvalue weighted by Crippen LogP contribution is -2.21. The summed E-state index contributed by atoms with van der Waals surface area (Å²) in [5, 5.41) is 0. The molecule has 0 heterocycles. The molecule has 0 aromatic heterocycles. The predicted molar refractivity (Wildman–Crippen MR) is 60.9 cm³/mol. The van der Waals surface area contributed by atoms with E-state index in [0.29, 0.717) is 13.0 Å². The highest BCUT2D eigenvalue weighted by Crippen LogP contribution is 2.11. The van der Waals surface area contributed by atoms with E-state index in [0.717, 1.165) is 5.56 Å². The van der Waals surface area contributed by atoms with Gasteiger partial charge in [-0.25, -0.2) is 0 Å². The molecule has 0 aliphatic carbocycles. The van der Waals surface area contributed by atoms with E-state index in [2.05, 4.69) is 15.7 Å². The molecule has 16 heavy (non-hydrogen) atoms. The quantitative estimate of drug-likeness (QED) is 0.477.